The molecule has 22 heavy (non-hydrogen) atoms. The Bertz CT molecular complexity index is 555. The predicted molar refractivity (Wildman–Crippen MR) is 91.7 cm³/mol. The highest BCUT2D eigenvalue weighted by Crippen LogP contribution is 2.32. The molecule has 1 amide bonds. The number of para-hydroxylation sites is 1. The highest BCUT2D eigenvalue weighted by Gasteiger charge is 2.23. The lowest BCUT2D eigenvalue weighted by Gasteiger charge is -2.22. The Morgan fingerprint density at radius 2 is 1.86 bits per heavy atom. The molecule has 0 heterocycles. The van der Waals surface area contributed by atoms with Crippen LogP contribution in [0.1, 0.15) is 45.7 Å². The van der Waals surface area contributed by atoms with E-state index >= 15 is 0 Å². The molecule has 0 aliphatic rings. The summed E-state index contributed by atoms with van der Waals surface area (Å²) >= 11 is 0. The van der Waals surface area contributed by atoms with Crippen molar-refractivity contribution in [3.05, 3.63) is 29.3 Å². The van der Waals surface area contributed by atoms with E-state index in [1.54, 1.807) is 25.2 Å². The molecule has 1 aromatic rings. The fourth-order valence-corrected chi connectivity index (χ4v) is 2.22. The molecule has 0 aromatic heterocycles. The number of rotatable bonds is 4. The number of phenolic OH excluding ortho intramolecular Hbond substituents is 1. The molecule has 1 rings (SSSR count). The minimum atomic E-state index is -0.437. The average Bonchev–Trinajstić information content (AvgIpc) is 2.38. The Morgan fingerprint density at radius 3 is 2.32 bits per heavy atom. The molecule has 122 valence electrons. The first-order chi connectivity index (χ1) is 10.1. The van der Waals surface area contributed by atoms with Gasteiger partial charge in [-0.1, -0.05) is 46.8 Å². The summed E-state index contributed by atoms with van der Waals surface area (Å²) in [6, 6.07) is 5.19. The van der Waals surface area contributed by atoms with Gasteiger partial charge in [0.2, 0.25) is 5.91 Å². The molecule has 4 heteroatoms. The first kappa shape index (κ1) is 18.2. The van der Waals surface area contributed by atoms with Crippen molar-refractivity contribution in [1.29, 1.82) is 0 Å². The zero-order valence-electron chi connectivity index (χ0n) is 14.7. The summed E-state index contributed by atoms with van der Waals surface area (Å²) in [5.74, 6) is 0.301. The third-order valence-electron chi connectivity index (χ3n) is 3.57. The van der Waals surface area contributed by atoms with Gasteiger partial charge < -0.3 is 10.0 Å². The minimum Gasteiger partial charge on any atom is -0.507 e. The first-order valence-corrected chi connectivity index (χ1v) is 7.62. The van der Waals surface area contributed by atoms with Crippen LogP contribution in [0.5, 0.6) is 5.75 Å². The van der Waals surface area contributed by atoms with E-state index in [1.807, 2.05) is 32.0 Å². The number of carbonyl (C=O) groups excluding carboxylic acids is 1. The maximum absolute atomic E-state index is 12.2. The van der Waals surface area contributed by atoms with Gasteiger partial charge in [-0.05, 0) is 23.0 Å². The number of phenols is 1. The maximum atomic E-state index is 12.2. The van der Waals surface area contributed by atoms with E-state index in [1.165, 1.54) is 0 Å². The van der Waals surface area contributed by atoms with Gasteiger partial charge in [0, 0.05) is 25.9 Å². The molecule has 0 aliphatic heterocycles. The topological polar surface area (TPSA) is 52.9 Å². The highest BCUT2D eigenvalue weighted by atomic mass is 16.3. The van der Waals surface area contributed by atoms with Crippen molar-refractivity contribution >= 4 is 12.1 Å². The van der Waals surface area contributed by atoms with Crippen molar-refractivity contribution in [1.82, 2.24) is 4.90 Å². The molecule has 0 spiro atoms. The standard InChI is InChI=1S/C18H28N2O2/c1-12(2)15(17(22)20(6)7)19-11-13-9-8-10-14(16(13)21)18(3,4)5/h8-12,15,21H,1-7H3/b19-11+/t15-/m0/s1. The second-order valence-corrected chi connectivity index (χ2v) is 7.19. The van der Waals surface area contributed by atoms with Gasteiger partial charge in [0.25, 0.3) is 0 Å². The summed E-state index contributed by atoms with van der Waals surface area (Å²) in [6.45, 7) is 10.1. The average molecular weight is 304 g/mol. The number of benzene rings is 1. The Hall–Kier alpha value is -1.84. The molecule has 1 aromatic carbocycles. The fourth-order valence-electron chi connectivity index (χ4n) is 2.22. The van der Waals surface area contributed by atoms with E-state index in [2.05, 4.69) is 25.8 Å². The second-order valence-electron chi connectivity index (χ2n) is 7.19. The van der Waals surface area contributed by atoms with Crippen molar-refractivity contribution in [3.8, 4) is 5.75 Å². The Labute approximate surface area is 133 Å². The molecular weight excluding hydrogens is 276 g/mol. The number of carbonyl (C=O) groups is 1. The van der Waals surface area contributed by atoms with Crippen LogP contribution in [-0.4, -0.2) is 42.3 Å². The molecule has 0 saturated heterocycles. The van der Waals surface area contributed by atoms with E-state index in [9.17, 15) is 9.90 Å². The van der Waals surface area contributed by atoms with E-state index in [0.29, 0.717) is 5.56 Å². The summed E-state index contributed by atoms with van der Waals surface area (Å²) in [7, 11) is 3.45. The van der Waals surface area contributed by atoms with Crippen LogP contribution < -0.4 is 0 Å². The molecule has 0 fully saturated rings. The largest absolute Gasteiger partial charge is 0.507 e. The van der Waals surface area contributed by atoms with Crippen molar-refractivity contribution < 1.29 is 9.90 Å². The summed E-state index contributed by atoms with van der Waals surface area (Å²) in [5, 5.41) is 10.4. The summed E-state index contributed by atoms with van der Waals surface area (Å²) in [6.07, 6.45) is 1.61. The van der Waals surface area contributed by atoms with Gasteiger partial charge in [-0.2, -0.15) is 0 Å². The third-order valence-corrected chi connectivity index (χ3v) is 3.57. The fraction of sp³-hybridized carbons (Fsp3) is 0.556. The van der Waals surface area contributed by atoms with Gasteiger partial charge in [0.15, 0.2) is 0 Å². The molecule has 0 aliphatic carbocycles. The van der Waals surface area contributed by atoms with Crippen molar-refractivity contribution in [2.75, 3.05) is 14.1 Å². The van der Waals surface area contributed by atoms with Crippen LogP contribution in [0.3, 0.4) is 0 Å². The predicted octanol–water partition coefficient (Wildman–Crippen LogP) is 3.22. The Morgan fingerprint density at radius 1 is 1.27 bits per heavy atom. The normalized spacial score (nSPS) is 13.6. The van der Waals surface area contributed by atoms with Crippen molar-refractivity contribution in [2.24, 2.45) is 10.9 Å². The van der Waals surface area contributed by atoms with Crippen LogP contribution in [0.4, 0.5) is 0 Å². The van der Waals surface area contributed by atoms with Crippen molar-refractivity contribution in [3.63, 3.8) is 0 Å². The minimum absolute atomic E-state index is 0.0299. The molecular formula is C18H28N2O2. The van der Waals surface area contributed by atoms with Crippen LogP contribution in [-0.2, 0) is 10.2 Å². The number of nitrogens with zero attached hydrogens (tertiary/aromatic N) is 2. The smallest absolute Gasteiger partial charge is 0.247 e. The summed E-state index contributed by atoms with van der Waals surface area (Å²) < 4.78 is 0. The molecule has 0 radical (unpaired) electrons. The van der Waals surface area contributed by atoms with Gasteiger partial charge in [-0.15, -0.1) is 0 Å². The Kier molecular flexibility index (Phi) is 5.75. The van der Waals surface area contributed by atoms with Crippen LogP contribution in [0.25, 0.3) is 0 Å². The number of hydrogen-bond donors (Lipinski definition) is 1. The number of amides is 1. The molecule has 0 unspecified atom stereocenters. The Balaban J connectivity index is 3.15. The molecule has 1 atom stereocenters. The van der Waals surface area contributed by atoms with E-state index < -0.39 is 6.04 Å². The molecule has 0 saturated carbocycles. The van der Waals surface area contributed by atoms with Crippen LogP contribution in [0.15, 0.2) is 23.2 Å². The third kappa shape index (κ3) is 4.33. The van der Waals surface area contributed by atoms with Gasteiger partial charge in [0.1, 0.15) is 11.8 Å². The summed E-state index contributed by atoms with van der Waals surface area (Å²) in [4.78, 5) is 18.1. The zero-order valence-corrected chi connectivity index (χ0v) is 14.7. The SMILES string of the molecule is CC(C)[C@H](/N=C/c1cccc(C(C)(C)C)c1O)C(=O)N(C)C. The monoisotopic (exact) mass is 304 g/mol. The summed E-state index contributed by atoms with van der Waals surface area (Å²) in [5.41, 5.74) is 1.37. The maximum Gasteiger partial charge on any atom is 0.247 e. The lowest BCUT2D eigenvalue weighted by atomic mass is 9.85. The van der Waals surface area contributed by atoms with Crippen LogP contribution in [0, 0.1) is 5.92 Å². The van der Waals surface area contributed by atoms with Crippen LogP contribution >= 0.6 is 0 Å². The van der Waals surface area contributed by atoms with E-state index in [0.717, 1.165) is 5.56 Å². The van der Waals surface area contributed by atoms with E-state index in [-0.39, 0.29) is 23.0 Å². The quantitative estimate of drug-likeness (QED) is 0.868. The lowest BCUT2D eigenvalue weighted by molar-refractivity contribution is -0.130. The van der Waals surface area contributed by atoms with E-state index in [4.69, 9.17) is 0 Å². The number of likely N-dealkylation sites (N-methyl/N-ethyl adjacent to an activating group) is 1. The molecule has 4 nitrogen and oxygen atoms in total. The van der Waals surface area contributed by atoms with Gasteiger partial charge in [0.05, 0.1) is 0 Å². The highest BCUT2D eigenvalue weighted by molar-refractivity contribution is 5.88. The molecule has 1 N–H and O–H groups in total. The number of aliphatic imine (C=N–C) groups is 1. The van der Waals surface area contributed by atoms with Crippen LogP contribution in [0.2, 0.25) is 0 Å². The molecule has 0 bridgehead atoms. The van der Waals surface area contributed by atoms with Gasteiger partial charge in [-0.3, -0.25) is 9.79 Å². The van der Waals surface area contributed by atoms with Gasteiger partial charge in [-0.25, -0.2) is 0 Å². The van der Waals surface area contributed by atoms with Crippen molar-refractivity contribution in [2.45, 2.75) is 46.1 Å². The van der Waals surface area contributed by atoms with Gasteiger partial charge >= 0.3 is 0 Å². The zero-order chi connectivity index (χ0) is 17.1. The lowest BCUT2D eigenvalue weighted by Crippen LogP contribution is -2.35. The number of hydrogen-bond acceptors (Lipinski definition) is 3. The first-order valence-electron chi connectivity index (χ1n) is 7.62. The number of aromatic hydroxyl groups is 1. The second kappa shape index (κ2) is 6.95.